The first kappa shape index (κ1) is 47.9. The Morgan fingerprint density at radius 2 is 0.821 bits per heavy atom. The molecule has 2 aliphatic heterocycles. The standard InChI is InChI=1S/C55H58O12/c1-58-54-50(62-35-42-26-14-5-15-27-42)47(56)48(60-33-40-22-10-3-11-23-40)46(65-54)38-64-55-52(67-53(57)44-30-18-7-19-31-44)51(63-36-43-28-16-6-17-29-43)49(61-34-41-24-12-4-13-25-41)45(66-55)37-59-32-39-20-8-2-9-21-39/h2-31,45-52,54-56H,32-38H2,1H3/t45-,46-,47+,48-,49+,50+,51+,52-,54+,55-/m1/s1. The fourth-order valence-electron chi connectivity index (χ4n) is 8.15. The summed E-state index contributed by atoms with van der Waals surface area (Å²) in [5, 5.41) is 12.1. The molecular weight excluding hydrogens is 853 g/mol. The van der Waals surface area contributed by atoms with Gasteiger partial charge in [-0.1, -0.05) is 170 Å². The van der Waals surface area contributed by atoms with Gasteiger partial charge in [-0.25, -0.2) is 4.79 Å². The Morgan fingerprint density at radius 1 is 0.433 bits per heavy atom. The van der Waals surface area contributed by atoms with Crippen LogP contribution in [0.15, 0.2) is 182 Å². The molecule has 0 aromatic heterocycles. The average molecular weight is 911 g/mol. The third-order valence-electron chi connectivity index (χ3n) is 11.7. The topological polar surface area (TPSA) is 130 Å². The molecule has 2 aliphatic rings. The first-order valence-corrected chi connectivity index (χ1v) is 22.7. The van der Waals surface area contributed by atoms with Crippen LogP contribution in [0.4, 0.5) is 0 Å². The first-order chi connectivity index (χ1) is 33.0. The van der Waals surface area contributed by atoms with Gasteiger partial charge in [-0.2, -0.15) is 0 Å². The first-order valence-electron chi connectivity index (χ1n) is 22.7. The van der Waals surface area contributed by atoms with Crippen molar-refractivity contribution in [3.63, 3.8) is 0 Å². The molecule has 6 aromatic carbocycles. The Labute approximate surface area is 392 Å². The molecule has 67 heavy (non-hydrogen) atoms. The number of hydrogen-bond donors (Lipinski definition) is 1. The second-order valence-corrected chi connectivity index (χ2v) is 16.4. The van der Waals surface area contributed by atoms with Crippen LogP contribution in [0.3, 0.4) is 0 Å². The van der Waals surface area contributed by atoms with E-state index in [1.165, 1.54) is 7.11 Å². The highest BCUT2D eigenvalue weighted by molar-refractivity contribution is 5.89. The predicted octanol–water partition coefficient (Wildman–Crippen LogP) is 8.24. The fraction of sp³-hybridized carbons (Fsp3) is 0.327. The van der Waals surface area contributed by atoms with E-state index in [-0.39, 0.29) is 39.6 Å². The molecule has 2 saturated heterocycles. The Kier molecular flexibility index (Phi) is 17.8. The largest absolute Gasteiger partial charge is 0.450 e. The summed E-state index contributed by atoms with van der Waals surface area (Å²) in [5.74, 6) is -0.608. The molecule has 6 aromatic rings. The molecule has 2 heterocycles. The summed E-state index contributed by atoms with van der Waals surface area (Å²) in [6, 6.07) is 57.4. The third kappa shape index (κ3) is 13.5. The van der Waals surface area contributed by atoms with E-state index in [9.17, 15) is 9.90 Å². The normalized spacial score (nSPS) is 25.0. The second-order valence-electron chi connectivity index (χ2n) is 16.4. The molecule has 0 bridgehead atoms. The molecule has 1 N–H and O–H groups in total. The van der Waals surface area contributed by atoms with Crippen LogP contribution >= 0.6 is 0 Å². The van der Waals surface area contributed by atoms with Crippen LogP contribution in [0.25, 0.3) is 0 Å². The number of methoxy groups -OCH3 is 1. The molecule has 10 atom stereocenters. The van der Waals surface area contributed by atoms with E-state index < -0.39 is 67.4 Å². The number of aliphatic hydroxyl groups is 1. The van der Waals surface area contributed by atoms with Crippen molar-refractivity contribution in [1.82, 2.24) is 0 Å². The van der Waals surface area contributed by atoms with Crippen molar-refractivity contribution in [3.8, 4) is 0 Å². The van der Waals surface area contributed by atoms with Crippen LogP contribution in [0.2, 0.25) is 0 Å². The second kappa shape index (κ2) is 25.0. The smallest absolute Gasteiger partial charge is 0.338 e. The van der Waals surface area contributed by atoms with Crippen molar-refractivity contribution in [2.24, 2.45) is 0 Å². The zero-order valence-corrected chi connectivity index (χ0v) is 37.5. The summed E-state index contributed by atoms with van der Waals surface area (Å²) in [4.78, 5) is 14.1. The molecule has 0 radical (unpaired) electrons. The lowest BCUT2D eigenvalue weighted by Crippen LogP contribution is -2.64. The molecule has 0 saturated carbocycles. The quantitative estimate of drug-likeness (QED) is 0.0659. The summed E-state index contributed by atoms with van der Waals surface area (Å²) in [6.45, 7) is 0.929. The van der Waals surface area contributed by atoms with Gasteiger partial charge >= 0.3 is 5.97 Å². The minimum Gasteiger partial charge on any atom is -0.450 e. The van der Waals surface area contributed by atoms with E-state index in [1.54, 1.807) is 24.3 Å². The highest BCUT2D eigenvalue weighted by atomic mass is 16.8. The molecule has 0 amide bonds. The summed E-state index contributed by atoms with van der Waals surface area (Å²) in [7, 11) is 1.49. The van der Waals surface area contributed by atoms with E-state index in [4.69, 9.17) is 47.4 Å². The van der Waals surface area contributed by atoms with Crippen molar-refractivity contribution in [2.45, 2.75) is 94.4 Å². The van der Waals surface area contributed by atoms with Gasteiger partial charge in [-0.05, 0) is 39.9 Å². The van der Waals surface area contributed by atoms with Gasteiger partial charge in [-0.15, -0.1) is 0 Å². The fourth-order valence-corrected chi connectivity index (χ4v) is 8.15. The van der Waals surface area contributed by atoms with Crippen molar-refractivity contribution >= 4 is 5.97 Å². The van der Waals surface area contributed by atoms with E-state index in [0.29, 0.717) is 12.2 Å². The zero-order chi connectivity index (χ0) is 46.0. The van der Waals surface area contributed by atoms with Gasteiger partial charge in [-0.3, -0.25) is 0 Å². The maximum Gasteiger partial charge on any atom is 0.338 e. The van der Waals surface area contributed by atoms with Crippen LogP contribution in [-0.2, 0) is 80.4 Å². The van der Waals surface area contributed by atoms with Crippen molar-refractivity contribution in [2.75, 3.05) is 20.3 Å². The number of hydrogen-bond acceptors (Lipinski definition) is 12. The zero-order valence-electron chi connectivity index (χ0n) is 37.5. The van der Waals surface area contributed by atoms with Gasteiger partial charge in [0.2, 0.25) is 0 Å². The molecule has 0 unspecified atom stereocenters. The Hall–Kier alpha value is -5.61. The summed E-state index contributed by atoms with van der Waals surface area (Å²) < 4.78 is 65.1. The van der Waals surface area contributed by atoms with E-state index in [0.717, 1.165) is 27.8 Å². The van der Waals surface area contributed by atoms with Crippen LogP contribution in [-0.4, -0.2) is 92.8 Å². The van der Waals surface area contributed by atoms with Gasteiger partial charge in [0.25, 0.3) is 0 Å². The highest BCUT2D eigenvalue weighted by Gasteiger charge is 2.52. The minimum atomic E-state index is -1.25. The highest BCUT2D eigenvalue weighted by Crippen LogP contribution is 2.34. The van der Waals surface area contributed by atoms with E-state index >= 15 is 0 Å². The molecule has 2 fully saturated rings. The van der Waals surface area contributed by atoms with E-state index in [1.807, 2.05) is 158 Å². The Bertz CT molecular complexity index is 2310. The van der Waals surface area contributed by atoms with Gasteiger partial charge in [0, 0.05) is 7.11 Å². The third-order valence-corrected chi connectivity index (χ3v) is 11.7. The predicted molar refractivity (Wildman–Crippen MR) is 248 cm³/mol. The summed E-state index contributed by atoms with van der Waals surface area (Å²) >= 11 is 0. The number of carbonyl (C=O) groups is 1. The van der Waals surface area contributed by atoms with Crippen LogP contribution < -0.4 is 0 Å². The van der Waals surface area contributed by atoms with Crippen LogP contribution in [0, 0.1) is 0 Å². The molecule has 350 valence electrons. The van der Waals surface area contributed by atoms with Gasteiger partial charge in [0.1, 0.15) is 42.7 Å². The molecule has 12 nitrogen and oxygen atoms in total. The lowest BCUT2D eigenvalue weighted by atomic mass is 9.97. The molecule has 0 spiro atoms. The van der Waals surface area contributed by atoms with Crippen LogP contribution in [0.1, 0.15) is 38.2 Å². The Balaban J connectivity index is 1.11. The molecular formula is C55H58O12. The summed E-state index contributed by atoms with van der Waals surface area (Å²) in [5.41, 5.74) is 4.95. The minimum absolute atomic E-state index is 0.0758. The average Bonchev–Trinajstić information content (AvgIpc) is 3.38. The number of aliphatic hydroxyl groups excluding tert-OH is 1. The summed E-state index contributed by atoms with van der Waals surface area (Å²) in [6.07, 6.45) is -9.98. The van der Waals surface area contributed by atoms with Gasteiger partial charge in [0.05, 0.1) is 51.8 Å². The van der Waals surface area contributed by atoms with Crippen molar-refractivity contribution in [3.05, 3.63) is 215 Å². The van der Waals surface area contributed by atoms with Gasteiger partial charge < -0.3 is 52.5 Å². The SMILES string of the molecule is CO[C@H]1O[C@H](CO[C@@H]2O[C@H](COCc3ccccc3)[C@H](OCc3ccccc3)[C@H](OCc3ccccc3)[C@H]2OC(=O)c2ccccc2)[C@@H](OCc2ccccc2)[C@H](O)[C@@H]1OCc1ccccc1. The number of ether oxygens (including phenoxy) is 10. The van der Waals surface area contributed by atoms with Gasteiger partial charge in [0.15, 0.2) is 18.7 Å². The number of rotatable bonds is 22. The van der Waals surface area contributed by atoms with E-state index in [2.05, 4.69) is 0 Å². The number of benzene rings is 6. The maximum absolute atomic E-state index is 14.1. The van der Waals surface area contributed by atoms with Crippen LogP contribution in [0.5, 0.6) is 0 Å². The number of carbonyl (C=O) groups excluding carboxylic acids is 1. The van der Waals surface area contributed by atoms with Crippen molar-refractivity contribution < 1.29 is 57.3 Å². The lowest BCUT2D eigenvalue weighted by molar-refractivity contribution is -0.342. The maximum atomic E-state index is 14.1. The molecule has 8 rings (SSSR count). The molecule has 12 heteroatoms. The lowest BCUT2D eigenvalue weighted by Gasteiger charge is -2.47. The Morgan fingerprint density at radius 3 is 1.30 bits per heavy atom. The van der Waals surface area contributed by atoms with Crippen molar-refractivity contribution in [1.29, 1.82) is 0 Å². The molecule has 0 aliphatic carbocycles. The monoisotopic (exact) mass is 910 g/mol. The number of esters is 1.